The number of hydrogen-bond donors (Lipinski definition) is 0. The SMILES string of the molecule is O=C(c1ccccc1-c1ncc(-c2ccc(F)cc2)o1)N1CCN(c2cnccn2)CC1. The molecule has 1 fully saturated rings. The second-order valence-electron chi connectivity index (χ2n) is 7.43. The molecule has 2 aromatic carbocycles. The summed E-state index contributed by atoms with van der Waals surface area (Å²) in [5.74, 6) is 1.30. The van der Waals surface area contributed by atoms with E-state index in [-0.39, 0.29) is 11.7 Å². The highest BCUT2D eigenvalue weighted by Gasteiger charge is 2.25. The van der Waals surface area contributed by atoms with Gasteiger partial charge in [0.2, 0.25) is 5.89 Å². The summed E-state index contributed by atoms with van der Waals surface area (Å²) >= 11 is 0. The predicted octanol–water partition coefficient (Wildman–Crippen LogP) is 3.90. The Morgan fingerprint density at radius 3 is 2.44 bits per heavy atom. The zero-order valence-corrected chi connectivity index (χ0v) is 17.2. The number of aromatic nitrogens is 3. The lowest BCUT2D eigenvalue weighted by molar-refractivity contribution is 0.0747. The number of benzene rings is 2. The van der Waals surface area contributed by atoms with Gasteiger partial charge in [0.15, 0.2) is 5.76 Å². The average Bonchev–Trinajstić information content (AvgIpc) is 3.35. The third-order valence-electron chi connectivity index (χ3n) is 5.46. The molecule has 160 valence electrons. The van der Waals surface area contributed by atoms with Crippen LogP contribution < -0.4 is 4.90 Å². The average molecular weight is 429 g/mol. The quantitative estimate of drug-likeness (QED) is 0.490. The maximum Gasteiger partial charge on any atom is 0.254 e. The fraction of sp³-hybridized carbons (Fsp3) is 0.167. The van der Waals surface area contributed by atoms with Crippen molar-refractivity contribution in [1.29, 1.82) is 0 Å². The molecule has 0 spiro atoms. The zero-order valence-electron chi connectivity index (χ0n) is 17.2. The molecule has 1 aliphatic heterocycles. The maximum atomic E-state index is 13.3. The molecule has 0 radical (unpaired) electrons. The third-order valence-corrected chi connectivity index (χ3v) is 5.46. The van der Waals surface area contributed by atoms with Crippen LogP contribution in [0.4, 0.5) is 10.2 Å². The van der Waals surface area contributed by atoms with Gasteiger partial charge in [0.25, 0.3) is 5.91 Å². The van der Waals surface area contributed by atoms with Crippen LogP contribution in [0.25, 0.3) is 22.8 Å². The summed E-state index contributed by atoms with van der Waals surface area (Å²) < 4.78 is 19.1. The maximum absolute atomic E-state index is 13.3. The van der Waals surface area contributed by atoms with Crippen molar-refractivity contribution in [1.82, 2.24) is 19.9 Å². The van der Waals surface area contributed by atoms with Gasteiger partial charge in [0, 0.05) is 49.7 Å². The fourth-order valence-electron chi connectivity index (χ4n) is 3.77. The largest absolute Gasteiger partial charge is 0.436 e. The molecule has 3 heterocycles. The van der Waals surface area contributed by atoms with Crippen LogP contribution in [-0.2, 0) is 0 Å². The molecular formula is C24H20FN5O2. The molecule has 2 aromatic heterocycles. The zero-order chi connectivity index (χ0) is 21.9. The number of piperazine rings is 1. The number of hydrogen-bond acceptors (Lipinski definition) is 6. The van der Waals surface area contributed by atoms with Gasteiger partial charge in [-0.2, -0.15) is 0 Å². The lowest BCUT2D eigenvalue weighted by Crippen LogP contribution is -2.49. The first-order valence-electron chi connectivity index (χ1n) is 10.3. The van der Waals surface area contributed by atoms with Gasteiger partial charge >= 0.3 is 0 Å². The molecule has 4 aromatic rings. The highest BCUT2D eigenvalue weighted by molar-refractivity contribution is 6.00. The van der Waals surface area contributed by atoms with E-state index in [4.69, 9.17) is 4.42 Å². The van der Waals surface area contributed by atoms with Gasteiger partial charge < -0.3 is 14.2 Å². The molecule has 1 amide bonds. The molecule has 0 unspecified atom stereocenters. The summed E-state index contributed by atoms with van der Waals surface area (Å²) in [6, 6.07) is 13.3. The van der Waals surface area contributed by atoms with Crippen molar-refractivity contribution in [2.24, 2.45) is 0 Å². The highest BCUT2D eigenvalue weighted by atomic mass is 19.1. The molecule has 1 aliphatic rings. The van der Waals surface area contributed by atoms with Crippen LogP contribution in [0.3, 0.4) is 0 Å². The Bertz CT molecular complexity index is 1220. The van der Waals surface area contributed by atoms with E-state index < -0.39 is 0 Å². The van der Waals surface area contributed by atoms with Gasteiger partial charge in [-0.05, 0) is 36.4 Å². The van der Waals surface area contributed by atoms with Crippen molar-refractivity contribution in [3.05, 3.63) is 84.7 Å². The summed E-state index contributed by atoms with van der Waals surface area (Å²) in [7, 11) is 0. The Hall–Kier alpha value is -4.07. The third kappa shape index (κ3) is 3.94. The second kappa shape index (κ2) is 8.58. The Labute approximate surface area is 184 Å². The Morgan fingerprint density at radius 1 is 0.906 bits per heavy atom. The predicted molar refractivity (Wildman–Crippen MR) is 117 cm³/mol. The number of rotatable bonds is 4. The summed E-state index contributed by atoms with van der Waals surface area (Å²) in [5, 5.41) is 0. The van der Waals surface area contributed by atoms with Gasteiger partial charge in [-0.25, -0.2) is 14.4 Å². The van der Waals surface area contributed by atoms with E-state index in [9.17, 15) is 9.18 Å². The van der Waals surface area contributed by atoms with Gasteiger partial charge in [-0.15, -0.1) is 0 Å². The second-order valence-corrected chi connectivity index (χ2v) is 7.43. The van der Waals surface area contributed by atoms with E-state index in [0.29, 0.717) is 54.5 Å². The molecule has 0 atom stereocenters. The van der Waals surface area contributed by atoms with Gasteiger partial charge in [-0.3, -0.25) is 9.78 Å². The van der Waals surface area contributed by atoms with E-state index in [1.807, 2.05) is 23.1 Å². The van der Waals surface area contributed by atoms with Crippen LogP contribution >= 0.6 is 0 Å². The molecular weight excluding hydrogens is 409 g/mol. The molecule has 0 saturated carbocycles. The van der Waals surface area contributed by atoms with Gasteiger partial charge in [0.1, 0.15) is 11.6 Å². The molecule has 32 heavy (non-hydrogen) atoms. The number of oxazole rings is 1. The summed E-state index contributed by atoms with van der Waals surface area (Å²) in [5.41, 5.74) is 1.88. The summed E-state index contributed by atoms with van der Waals surface area (Å²) in [6.45, 7) is 2.52. The van der Waals surface area contributed by atoms with Crippen LogP contribution in [0, 0.1) is 5.82 Å². The number of halogens is 1. The van der Waals surface area contributed by atoms with Crippen molar-refractivity contribution >= 4 is 11.7 Å². The van der Waals surface area contributed by atoms with Crippen LogP contribution in [0.1, 0.15) is 10.4 Å². The minimum Gasteiger partial charge on any atom is -0.436 e. The van der Waals surface area contributed by atoms with Crippen molar-refractivity contribution in [2.75, 3.05) is 31.1 Å². The molecule has 1 saturated heterocycles. The van der Waals surface area contributed by atoms with E-state index in [1.54, 1.807) is 43.0 Å². The van der Waals surface area contributed by atoms with Crippen LogP contribution in [-0.4, -0.2) is 51.9 Å². The molecule has 5 rings (SSSR count). The van der Waals surface area contributed by atoms with E-state index in [0.717, 1.165) is 5.82 Å². The smallest absolute Gasteiger partial charge is 0.254 e. The topological polar surface area (TPSA) is 75.4 Å². The van der Waals surface area contributed by atoms with Gasteiger partial charge in [-0.1, -0.05) is 12.1 Å². The molecule has 8 heteroatoms. The number of nitrogens with zero attached hydrogens (tertiary/aromatic N) is 5. The Balaban J connectivity index is 1.35. The lowest BCUT2D eigenvalue weighted by Gasteiger charge is -2.35. The fourth-order valence-corrected chi connectivity index (χ4v) is 3.77. The molecule has 7 nitrogen and oxygen atoms in total. The number of carbonyl (C=O) groups excluding carboxylic acids is 1. The number of carbonyl (C=O) groups is 1. The monoisotopic (exact) mass is 429 g/mol. The standard InChI is InChI=1S/C24H20FN5O2/c25-18-7-5-17(6-8-18)21-15-28-23(32-21)19-3-1-2-4-20(19)24(31)30-13-11-29(12-14-30)22-16-26-9-10-27-22/h1-10,15-16H,11-14H2. The highest BCUT2D eigenvalue weighted by Crippen LogP contribution is 2.29. The minimum absolute atomic E-state index is 0.0686. The van der Waals surface area contributed by atoms with Crippen LogP contribution in [0.15, 0.2) is 77.7 Å². The van der Waals surface area contributed by atoms with Crippen molar-refractivity contribution in [3.63, 3.8) is 0 Å². The molecule has 0 bridgehead atoms. The Morgan fingerprint density at radius 2 is 1.69 bits per heavy atom. The molecule has 0 N–H and O–H groups in total. The number of amides is 1. The molecule has 0 aliphatic carbocycles. The van der Waals surface area contributed by atoms with E-state index in [2.05, 4.69) is 19.9 Å². The van der Waals surface area contributed by atoms with Crippen molar-refractivity contribution < 1.29 is 13.6 Å². The van der Waals surface area contributed by atoms with E-state index in [1.165, 1.54) is 12.1 Å². The first kappa shape index (κ1) is 19.9. The summed E-state index contributed by atoms with van der Waals surface area (Å²) in [6.07, 6.45) is 6.63. The number of anilines is 1. The van der Waals surface area contributed by atoms with Gasteiger partial charge in [0.05, 0.1) is 18.0 Å². The van der Waals surface area contributed by atoms with Crippen molar-refractivity contribution in [2.45, 2.75) is 0 Å². The van der Waals surface area contributed by atoms with Crippen LogP contribution in [0.5, 0.6) is 0 Å². The van der Waals surface area contributed by atoms with Crippen LogP contribution in [0.2, 0.25) is 0 Å². The first-order chi connectivity index (χ1) is 15.7. The normalized spacial score (nSPS) is 13.9. The van der Waals surface area contributed by atoms with Crippen molar-refractivity contribution in [3.8, 4) is 22.8 Å². The first-order valence-corrected chi connectivity index (χ1v) is 10.3. The Kier molecular flexibility index (Phi) is 5.33. The lowest BCUT2D eigenvalue weighted by atomic mass is 10.1. The summed E-state index contributed by atoms with van der Waals surface area (Å²) in [4.78, 5) is 30.1. The van der Waals surface area contributed by atoms with E-state index >= 15 is 0 Å². The minimum atomic E-state index is -0.316.